The lowest BCUT2D eigenvalue weighted by molar-refractivity contribution is 0.239. The zero-order valence-corrected chi connectivity index (χ0v) is 11.6. The van der Waals surface area contributed by atoms with E-state index in [4.69, 9.17) is 9.15 Å². The maximum Gasteiger partial charge on any atom is 0.223 e. The third kappa shape index (κ3) is 2.82. The molecule has 0 spiro atoms. The van der Waals surface area contributed by atoms with Gasteiger partial charge in [-0.3, -0.25) is 0 Å². The molecule has 0 aliphatic carbocycles. The van der Waals surface area contributed by atoms with Crippen molar-refractivity contribution in [3.05, 3.63) is 41.6 Å². The monoisotopic (exact) mass is 273 g/mol. The molecule has 106 valence electrons. The summed E-state index contributed by atoms with van der Waals surface area (Å²) in [5.74, 6) is 2.54. The van der Waals surface area contributed by atoms with E-state index in [1.807, 2.05) is 25.2 Å². The van der Waals surface area contributed by atoms with E-state index in [9.17, 15) is 0 Å². The van der Waals surface area contributed by atoms with Crippen LogP contribution in [0.3, 0.4) is 0 Å². The van der Waals surface area contributed by atoms with Crippen molar-refractivity contribution < 1.29 is 9.15 Å². The van der Waals surface area contributed by atoms with Gasteiger partial charge in [-0.15, -0.1) is 10.2 Å². The number of rotatable bonds is 5. The molecule has 0 fully saturated rings. The first-order chi connectivity index (χ1) is 9.86. The minimum Gasteiger partial charge on any atom is -0.492 e. The summed E-state index contributed by atoms with van der Waals surface area (Å²) in [5, 5.41) is 11.4. The van der Waals surface area contributed by atoms with E-state index in [0.29, 0.717) is 18.4 Å². The molecule has 2 aromatic rings. The molecule has 0 bridgehead atoms. The van der Waals surface area contributed by atoms with Gasteiger partial charge in [0.15, 0.2) is 0 Å². The van der Waals surface area contributed by atoms with Gasteiger partial charge in [0.2, 0.25) is 11.8 Å². The molecule has 3 rings (SSSR count). The highest BCUT2D eigenvalue weighted by molar-refractivity contribution is 5.36. The van der Waals surface area contributed by atoms with Gasteiger partial charge in [-0.25, -0.2) is 0 Å². The Labute approximate surface area is 118 Å². The summed E-state index contributed by atoms with van der Waals surface area (Å²) in [7, 11) is 1.94. The van der Waals surface area contributed by atoms with Crippen molar-refractivity contribution in [3.8, 4) is 5.75 Å². The molecule has 0 amide bonds. The van der Waals surface area contributed by atoms with Crippen molar-refractivity contribution in [2.75, 3.05) is 20.2 Å². The Bertz CT molecular complexity index is 568. The van der Waals surface area contributed by atoms with Crippen LogP contribution in [0.4, 0.5) is 0 Å². The maximum atomic E-state index is 5.76. The molecule has 1 aromatic heterocycles. The van der Waals surface area contributed by atoms with Crippen molar-refractivity contribution >= 4 is 0 Å². The van der Waals surface area contributed by atoms with Crippen molar-refractivity contribution in [1.29, 1.82) is 0 Å². The van der Waals surface area contributed by atoms with Crippen LogP contribution in [-0.4, -0.2) is 30.4 Å². The summed E-state index contributed by atoms with van der Waals surface area (Å²) in [6.07, 6.45) is 2.72. The summed E-state index contributed by atoms with van der Waals surface area (Å²) in [6.45, 7) is 1.56. The Hall–Kier alpha value is -1.88. The average Bonchev–Trinajstić information content (AvgIpc) is 2.96. The van der Waals surface area contributed by atoms with E-state index in [-0.39, 0.29) is 5.92 Å². The van der Waals surface area contributed by atoms with Crippen LogP contribution in [-0.2, 0) is 12.8 Å². The Balaban J connectivity index is 1.66. The molecule has 0 saturated heterocycles. The molecule has 1 aliphatic rings. The van der Waals surface area contributed by atoms with Gasteiger partial charge in [-0.05, 0) is 38.1 Å². The number of aryl methyl sites for hydroxylation is 1. The van der Waals surface area contributed by atoms with Gasteiger partial charge < -0.3 is 14.5 Å². The molecule has 2 heterocycles. The van der Waals surface area contributed by atoms with Gasteiger partial charge in [-0.2, -0.15) is 0 Å². The van der Waals surface area contributed by atoms with E-state index in [0.717, 1.165) is 31.6 Å². The van der Waals surface area contributed by atoms with E-state index in [1.165, 1.54) is 5.56 Å². The lowest BCUT2D eigenvalue weighted by atomic mass is 9.97. The second kappa shape index (κ2) is 6.05. The third-order valence-corrected chi connectivity index (χ3v) is 3.53. The highest BCUT2D eigenvalue weighted by Gasteiger charge is 2.25. The molecular formula is C15H19N3O2. The van der Waals surface area contributed by atoms with Crippen LogP contribution in [0.15, 0.2) is 28.7 Å². The highest BCUT2D eigenvalue weighted by atomic mass is 16.5. The van der Waals surface area contributed by atoms with Gasteiger partial charge >= 0.3 is 0 Å². The van der Waals surface area contributed by atoms with Gasteiger partial charge in [0.1, 0.15) is 12.4 Å². The van der Waals surface area contributed by atoms with Crippen LogP contribution >= 0.6 is 0 Å². The molecule has 0 radical (unpaired) electrons. The zero-order chi connectivity index (χ0) is 13.8. The normalized spacial score (nSPS) is 17.6. The highest BCUT2D eigenvalue weighted by Crippen LogP contribution is 2.31. The second-order valence-corrected chi connectivity index (χ2v) is 5.06. The lowest BCUT2D eigenvalue weighted by Crippen LogP contribution is -2.19. The zero-order valence-electron chi connectivity index (χ0n) is 11.6. The number of hydrogen-bond acceptors (Lipinski definition) is 5. The second-order valence-electron chi connectivity index (χ2n) is 5.06. The van der Waals surface area contributed by atoms with Gasteiger partial charge in [0.25, 0.3) is 0 Å². The fourth-order valence-electron chi connectivity index (χ4n) is 2.44. The van der Waals surface area contributed by atoms with E-state index < -0.39 is 0 Å². The number of nitrogens with zero attached hydrogens (tertiary/aromatic N) is 2. The third-order valence-electron chi connectivity index (χ3n) is 3.53. The predicted molar refractivity (Wildman–Crippen MR) is 74.9 cm³/mol. The minimum atomic E-state index is 0.162. The Morgan fingerprint density at radius 1 is 1.30 bits per heavy atom. The Morgan fingerprint density at radius 3 is 3.10 bits per heavy atom. The molecule has 5 heteroatoms. The van der Waals surface area contributed by atoms with Crippen molar-refractivity contribution in [2.45, 2.75) is 25.2 Å². The number of aromatic nitrogens is 2. The maximum absolute atomic E-state index is 5.76. The van der Waals surface area contributed by atoms with E-state index >= 15 is 0 Å². The number of hydrogen-bond donors (Lipinski definition) is 1. The van der Waals surface area contributed by atoms with Crippen LogP contribution in [0.1, 0.15) is 29.7 Å². The van der Waals surface area contributed by atoms with Crippen molar-refractivity contribution in [1.82, 2.24) is 15.5 Å². The van der Waals surface area contributed by atoms with E-state index in [2.05, 4.69) is 21.6 Å². The molecule has 1 aromatic carbocycles. The summed E-state index contributed by atoms with van der Waals surface area (Å²) in [4.78, 5) is 0. The largest absolute Gasteiger partial charge is 0.492 e. The molecule has 20 heavy (non-hydrogen) atoms. The Morgan fingerprint density at radius 2 is 2.20 bits per heavy atom. The van der Waals surface area contributed by atoms with Crippen molar-refractivity contribution in [2.24, 2.45) is 0 Å². The number of nitrogens with one attached hydrogen (secondary N) is 1. The molecule has 0 saturated carbocycles. The van der Waals surface area contributed by atoms with Gasteiger partial charge in [0.05, 0.1) is 5.92 Å². The number of fused-ring (bicyclic) bond motifs is 1. The predicted octanol–water partition coefficient (Wildman–Crippen LogP) is 1.94. The quantitative estimate of drug-likeness (QED) is 0.844. The van der Waals surface area contributed by atoms with Crippen LogP contribution in [0.25, 0.3) is 0 Å². The first-order valence-electron chi connectivity index (χ1n) is 7.04. The molecule has 1 aliphatic heterocycles. The smallest absolute Gasteiger partial charge is 0.223 e. The minimum absolute atomic E-state index is 0.162. The average molecular weight is 273 g/mol. The number of ether oxygens (including phenoxy) is 1. The van der Waals surface area contributed by atoms with Gasteiger partial charge in [0, 0.05) is 6.42 Å². The number of benzene rings is 1. The fourth-order valence-corrected chi connectivity index (χ4v) is 2.44. The lowest BCUT2D eigenvalue weighted by Gasteiger charge is -2.22. The van der Waals surface area contributed by atoms with Gasteiger partial charge in [-0.1, -0.05) is 18.2 Å². The van der Waals surface area contributed by atoms with Crippen LogP contribution in [0.2, 0.25) is 0 Å². The van der Waals surface area contributed by atoms with Crippen molar-refractivity contribution in [3.63, 3.8) is 0 Å². The molecule has 1 unspecified atom stereocenters. The van der Waals surface area contributed by atoms with Crippen LogP contribution < -0.4 is 10.1 Å². The van der Waals surface area contributed by atoms with Crippen LogP contribution in [0.5, 0.6) is 5.75 Å². The summed E-state index contributed by atoms with van der Waals surface area (Å²) in [5.41, 5.74) is 1.21. The topological polar surface area (TPSA) is 60.2 Å². The SMILES string of the molecule is CNCCCc1nnc(C2COc3ccccc3C2)o1. The molecule has 1 N–H and O–H groups in total. The molecule has 5 nitrogen and oxygen atoms in total. The summed E-state index contributed by atoms with van der Waals surface area (Å²) < 4.78 is 11.5. The molecule has 1 atom stereocenters. The molecular weight excluding hydrogens is 254 g/mol. The Kier molecular flexibility index (Phi) is 3.97. The fraction of sp³-hybridized carbons (Fsp3) is 0.467. The summed E-state index contributed by atoms with van der Waals surface area (Å²) in [6, 6.07) is 8.11. The summed E-state index contributed by atoms with van der Waals surface area (Å²) >= 11 is 0. The first kappa shape index (κ1) is 13.1. The standard InChI is InChI=1S/C15H19N3O2/c1-16-8-4-7-14-17-18-15(20-14)12-9-11-5-2-3-6-13(11)19-10-12/h2-3,5-6,12,16H,4,7-10H2,1H3. The number of para-hydroxylation sites is 1. The van der Waals surface area contributed by atoms with E-state index in [1.54, 1.807) is 0 Å². The van der Waals surface area contributed by atoms with Crippen LogP contribution in [0, 0.1) is 0 Å². The first-order valence-corrected chi connectivity index (χ1v) is 7.04.